The highest BCUT2D eigenvalue weighted by molar-refractivity contribution is 5.87. The third-order valence-electron chi connectivity index (χ3n) is 7.95. The molecule has 3 aliphatic rings. The Labute approximate surface area is 176 Å². The van der Waals surface area contributed by atoms with Crippen molar-refractivity contribution in [3.63, 3.8) is 0 Å². The fourth-order valence-electron chi connectivity index (χ4n) is 6.37. The van der Waals surface area contributed by atoms with E-state index in [0.29, 0.717) is 29.2 Å². The summed E-state index contributed by atoms with van der Waals surface area (Å²) in [5, 5.41) is 10.3. The van der Waals surface area contributed by atoms with E-state index in [1.165, 1.54) is 7.11 Å². The van der Waals surface area contributed by atoms with E-state index in [4.69, 9.17) is 4.74 Å². The highest BCUT2D eigenvalue weighted by Gasteiger charge is 2.52. The number of nitriles is 1. The van der Waals surface area contributed by atoms with Gasteiger partial charge in [-0.1, -0.05) is 6.92 Å². The number of hydrogen-bond acceptors (Lipinski definition) is 3. The molecule has 5 unspecified atom stereocenters. The Morgan fingerprint density at radius 1 is 1.43 bits per heavy atom. The number of aromatic amines is 1. The minimum atomic E-state index is -0.382. The lowest BCUT2D eigenvalue weighted by molar-refractivity contribution is -0.144. The van der Waals surface area contributed by atoms with Crippen molar-refractivity contribution in [2.24, 2.45) is 17.3 Å². The normalized spacial score (nSPS) is 30.9. The summed E-state index contributed by atoms with van der Waals surface area (Å²) in [4.78, 5) is 18.5. The van der Waals surface area contributed by atoms with Crippen molar-refractivity contribution in [3.8, 4) is 11.8 Å². The molecule has 158 valence electrons. The van der Waals surface area contributed by atoms with Gasteiger partial charge in [0, 0.05) is 36.1 Å². The lowest BCUT2D eigenvalue weighted by Gasteiger charge is -2.56. The molecule has 2 aliphatic carbocycles. The van der Waals surface area contributed by atoms with Crippen LogP contribution in [0.15, 0.2) is 18.3 Å². The second kappa shape index (κ2) is 7.01. The minimum absolute atomic E-state index is 0.115. The molecule has 1 amide bonds. The molecule has 1 aromatic heterocycles. The molecule has 30 heavy (non-hydrogen) atoms. The molecule has 0 radical (unpaired) electrons. The van der Waals surface area contributed by atoms with Crippen molar-refractivity contribution in [1.82, 2.24) is 9.88 Å². The first-order chi connectivity index (χ1) is 14.4. The molecule has 5 rings (SSSR count). The van der Waals surface area contributed by atoms with Crippen LogP contribution in [0.1, 0.15) is 56.9 Å². The summed E-state index contributed by atoms with van der Waals surface area (Å²) in [5.41, 5.74) is 1.29. The Morgan fingerprint density at radius 2 is 2.27 bits per heavy atom. The van der Waals surface area contributed by atoms with Gasteiger partial charge in [-0.15, -0.1) is 0 Å². The summed E-state index contributed by atoms with van der Waals surface area (Å²) in [5.74, 6) is 0.960. The summed E-state index contributed by atoms with van der Waals surface area (Å²) < 4.78 is 20.0. The van der Waals surface area contributed by atoms with E-state index in [1.54, 1.807) is 12.1 Å². The summed E-state index contributed by atoms with van der Waals surface area (Å²) in [6.07, 6.45) is 7.05. The second-order valence-corrected chi connectivity index (χ2v) is 9.65. The van der Waals surface area contributed by atoms with Crippen LogP contribution < -0.4 is 4.74 Å². The molecule has 3 bridgehead atoms. The quantitative estimate of drug-likeness (QED) is 0.793. The van der Waals surface area contributed by atoms with E-state index in [9.17, 15) is 14.4 Å². The summed E-state index contributed by atoms with van der Waals surface area (Å²) in [7, 11) is 1.46. The highest BCUT2D eigenvalue weighted by atomic mass is 19.1. The molecular weight excluding hydrogens is 381 g/mol. The number of methoxy groups -OCH3 is 1. The maximum absolute atomic E-state index is 14.9. The van der Waals surface area contributed by atoms with Gasteiger partial charge in [-0.05, 0) is 67.6 Å². The van der Waals surface area contributed by atoms with Gasteiger partial charge in [0.05, 0.1) is 18.6 Å². The molecule has 1 N–H and O–H groups in total. The van der Waals surface area contributed by atoms with Crippen LogP contribution in [0.3, 0.4) is 0 Å². The standard InChI is InChI=1S/C24H28FN3O2/c1-14(18-11-27-19-3-4-20(30-2)23(25)22(18)19)7-21(29)28-12-15-5-6-24(13-26)9-16(15)8-17(28)10-24/h3-4,11,14-17,27H,5-10,12H2,1-2H3. The number of H-pyrrole nitrogens is 1. The van der Waals surface area contributed by atoms with Crippen LogP contribution in [-0.2, 0) is 4.79 Å². The third kappa shape index (κ3) is 2.90. The van der Waals surface area contributed by atoms with Gasteiger partial charge >= 0.3 is 0 Å². The van der Waals surface area contributed by atoms with Gasteiger partial charge in [0.2, 0.25) is 5.91 Å². The van der Waals surface area contributed by atoms with Gasteiger partial charge in [0.25, 0.3) is 0 Å². The van der Waals surface area contributed by atoms with E-state index in [2.05, 4.69) is 11.1 Å². The van der Waals surface area contributed by atoms with Gasteiger partial charge < -0.3 is 14.6 Å². The Balaban J connectivity index is 1.37. The first-order valence-corrected chi connectivity index (χ1v) is 11.0. The monoisotopic (exact) mass is 409 g/mol. The molecule has 6 heteroatoms. The second-order valence-electron chi connectivity index (χ2n) is 9.65. The van der Waals surface area contributed by atoms with E-state index in [1.807, 2.05) is 18.0 Å². The molecule has 5 nitrogen and oxygen atoms in total. The van der Waals surface area contributed by atoms with Crippen LogP contribution in [0.4, 0.5) is 4.39 Å². The van der Waals surface area contributed by atoms with Gasteiger partial charge in [-0.3, -0.25) is 4.79 Å². The molecule has 2 saturated carbocycles. The topological polar surface area (TPSA) is 69.1 Å². The van der Waals surface area contributed by atoms with Crippen LogP contribution >= 0.6 is 0 Å². The zero-order valence-corrected chi connectivity index (χ0v) is 17.6. The van der Waals surface area contributed by atoms with E-state index in [-0.39, 0.29) is 34.8 Å². The summed E-state index contributed by atoms with van der Waals surface area (Å²) in [6.45, 7) is 2.80. The molecule has 1 aromatic carbocycles. The number of aromatic nitrogens is 1. The SMILES string of the molecule is COc1ccc2[nH]cc(C(C)CC(=O)N3CC4CCC5(C#N)CC4CC3C5)c2c1F. The zero-order chi connectivity index (χ0) is 21.0. The van der Waals surface area contributed by atoms with Crippen LogP contribution in [0, 0.1) is 34.4 Å². The lowest BCUT2D eigenvalue weighted by Crippen LogP contribution is -2.58. The average molecular weight is 410 g/mol. The van der Waals surface area contributed by atoms with Gasteiger partial charge in [0.15, 0.2) is 11.6 Å². The van der Waals surface area contributed by atoms with Gasteiger partial charge in [-0.25, -0.2) is 4.39 Å². The predicted molar refractivity (Wildman–Crippen MR) is 111 cm³/mol. The number of carbonyl (C=O) groups is 1. The number of ether oxygens (including phenoxy) is 1. The van der Waals surface area contributed by atoms with E-state index in [0.717, 1.165) is 44.2 Å². The lowest BCUT2D eigenvalue weighted by atomic mass is 9.55. The minimum Gasteiger partial charge on any atom is -0.494 e. The number of carbonyl (C=O) groups excluding carboxylic acids is 1. The number of likely N-dealkylation sites (tertiary alicyclic amines) is 1. The maximum atomic E-state index is 14.9. The number of rotatable bonds is 4. The Bertz CT molecular complexity index is 1040. The molecule has 1 saturated heterocycles. The average Bonchev–Trinajstić information content (AvgIpc) is 3.18. The van der Waals surface area contributed by atoms with E-state index < -0.39 is 0 Å². The number of fused-ring (bicyclic) bond motifs is 3. The number of nitrogens with one attached hydrogen (secondary N) is 1. The van der Waals surface area contributed by atoms with Crippen LogP contribution in [0.25, 0.3) is 10.9 Å². The fourth-order valence-corrected chi connectivity index (χ4v) is 6.37. The van der Waals surface area contributed by atoms with Crippen molar-refractivity contribution < 1.29 is 13.9 Å². The fraction of sp³-hybridized carbons (Fsp3) is 0.583. The third-order valence-corrected chi connectivity index (χ3v) is 7.95. The largest absolute Gasteiger partial charge is 0.494 e. The molecule has 2 heterocycles. The number of hydrogen-bond donors (Lipinski definition) is 1. The predicted octanol–water partition coefficient (Wildman–Crippen LogP) is 4.74. The Hall–Kier alpha value is -2.55. The zero-order valence-electron chi connectivity index (χ0n) is 17.6. The van der Waals surface area contributed by atoms with Crippen LogP contribution in [-0.4, -0.2) is 35.5 Å². The molecule has 1 aliphatic heterocycles. The van der Waals surface area contributed by atoms with Crippen molar-refractivity contribution in [1.29, 1.82) is 5.26 Å². The number of piperidine rings is 1. The molecule has 0 spiro atoms. The number of nitrogens with zero attached hydrogens (tertiary/aromatic N) is 2. The first-order valence-electron chi connectivity index (χ1n) is 11.0. The maximum Gasteiger partial charge on any atom is 0.223 e. The number of halogens is 1. The van der Waals surface area contributed by atoms with Crippen molar-refractivity contribution >= 4 is 16.8 Å². The van der Waals surface area contributed by atoms with Gasteiger partial charge in [0.1, 0.15) is 0 Å². The number of amides is 1. The smallest absolute Gasteiger partial charge is 0.223 e. The molecular formula is C24H28FN3O2. The highest BCUT2D eigenvalue weighted by Crippen LogP contribution is 2.55. The first kappa shape index (κ1) is 19.4. The van der Waals surface area contributed by atoms with Gasteiger partial charge in [-0.2, -0.15) is 5.26 Å². The van der Waals surface area contributed by atoms with Crippen molar-refractivity contribution in [3.05, 3.63) is 29.7 Å². The van der Waals surface area contributed by atoms with Crippen molar-refractivity contribution in [2.45, 2.75) is 57.4 Å². The van der Waals surface area contributed by atoms with Crippen molar-refractivity contribution in [2.75, 3.05) is 13.7 Å². The summed E-state index contributed by atoms with van der Waals surface area (Å²) >= 11 is 0. The summed E-state index contributed by atoms with van der Waals surface area (Å²) in [6, 6.07) is 6.20. The Kier molecular flexibility index (Phi) is 4.53. The molecule has 3 fully saturated rings. The molecule has 2 aromatic rings. The molecule has 5 atom stereocenters. The van der Waals surface area contributed by atoms with E-state index >= 15 is 0 Å². The van der Waals surface area contributed by atoms with Crippen LogP contribution in [0.5, 0.6) is 5.75 Å². The van der Waals surface area contributed by atoms with Crippen LogP contribution in [0.2, 0.25) is 0 Å². The Morgan fingerprint density at radius 3 is 3.03 bits per heavy atom. The number of benzene rings is 1.